The van der Waals surface area contributed by atoms with Crippen molar-refractivity contribution in [3.05, 3.63) is 41.2 Å². The molecule has 3 heterocycles. The van der Waals surface area contributed by atoms with Crippen LogP contribution in [0.25, 0.3) is 0 Å². The Bertz CT molecular complexity index is 924. The SMILES string of the molecule is C[C@H]1C[C@@H](Oc2ccnc(CNc3ncc(F)cc3Cl)n2)CCN1C(=O)OC(C)(C)C. The molecule has 0 unspecified atom stereocenters. The van der Waals surface area contributed by atoms with Crippen molar-refractivity contribution in [2.75, 3.05) is 11.9 Å². The Morgan fingerprint density at radius 3 is 2.84 bits per heavy atom. The molecule has 1 aliphatic rings. The number of amides is 1. The zero-order valence-electron chi connectivity index (χ0n) is 18.1. The van der Waals surface area contributed by atoms with Gasteiger partial charge in [0, 0.05) is 37.7 Å². The fourth-order valence-corrected chi connectivity index (χ4v) is 3.46. The maximum absolute atomic E-state index is 13.1. The molecule has 0 aliphatic carbocycles. The number of halogens is 2. The van der Waals surface area contributed by atoms with E-state index in [1.807, 2.05) is 27.7 Å². The van der Waals surface area contributed by atoms with E-state index in [9.17, 15) is 9.18 Å². The first-order valence-electron chi connectivity index (χ1n) is 10.1. The molecule has 1 amide bonds. The number of hydrogen-bond donors (Lipinski definition) is 1. The summed E-state index contributed by atoms with van der Waals surface area (Å²) >= 11 is 5.97. The highest BCUT2D eigenvalue weighted by molar-refractivity contribution is 6.32. The van der Waals surface area contributed by atoms with E-state index in [-0.39, 0.29) is 29.8 Å². The number of piperidine rings is 1. The quantitative estimate of drug-likeness (QED) is 0.718. The monoisotopic (exact) mass is 451 g/mol. The summed E-state index contributed by atoms with van der Waals surface area (Å²) in [4.78, 5) is 26.6. The number of carbonyl (C=O) groups excluding carboxylic acids is 1. The number of rotatable bonds is 5. The van der Waals surface area contributed by atoms with Crippen molar-refractivity contribution in [1.29, 1.82) is 0 Å². The average Bonchev–Trinajstić information content (AvgIpc) is 2.66. The first-order chi connectivity index (χ1) is 14.6. The molecule has 31 heavy (non-hydrogen) atoms. The van der Waals surface area contributed by atoms with E-state index in [0.29, 0.717) is 36.9 Å². The lowest BCUT2D eigenvalue weighted by atomic mass is 10.0. The summed E-state index contributed by atoms with van der Waals surface area (Å²) in [5, 5.41) is 3.16. The molecule has 2 aromatic heterocycles. The Morgan fingerprint density at radius 2 is 2.16 bits per heavy atom. The lowest BCUT2D eigenvalue weighted by Crippen LogP contribution is -2.49. The minimum Gasteiger partial charge on any atom is -0.474 e. The number of hydrogen-bond acceptors (Lipinski definition) is 7. The number of anilines is 1. The van der Waals surface area contributed by atoms with Crippen molar-refractivity contribution in [2.24, 2.45) is 0 Å². The minimum atomic E-state index is -0.525. The van der Waals surface area contributed by atoms with Crippen molar-refractivity contribution in [1.82, 2.24) is 19.9 Å². The number of nitrogens with zero attached hydrogens (tertiary/aromatic N) is 4. The molecule has 1 N–H and O–H groups in total. The second kappa shape index (κ2) is 9.64. The van der Waals surface area contributed by atoms with Crippen LogP contribution in [0.3, 0.4) is 0 Å². The van der Waals surface area contributed by atoms with Crippen LogP contribution in [-0.2, 0) is 11.3 Å². The standard InChI is InChI=1S/C21H27ClFN5O3/c1-13-9-15(6-8-28(13)20(29)31-21(2,3)4)30-18-5-7-24-17(27-18)12-26-19-16(22)10-14(23)11-25-19/h5,7,10-11,13,15H,6,8-9,12H2,1-4H3,(H,25,26)/t13-,15-/m0/s1. The van der Waals surface area contributed by atoms with E-state index in [4.69, 9.17) is 21.1 Å². The highest BCUT2D eigenvalue weighted by Gasteiger charge is 2.32. The van der Waals surface area contributed by atoms with E-state index in [1.54, 1.807) is 17.2 Å². The van der Waals surface area contributed by atoms with Crippen molar-refractivity contribution in [3.63, 3.8) is 0 Å². The van der Waals surface area contributed by atoms with Gasteiger partial charge in [0.2, 0.25) is 5.88 Å². The Kier molecular flexibility index (Phi) is 7.15. The molecule has 8 nitrogen and oxygen atoms in total. The van der Waals surface area contributed by atoms with Crippen molar-refractivity contribution < 1.29 is 18.7 Å². The molecule has 0 bridgehead atoms. The van der Waals surface area contributed by atoms with Gasteiger partial charge in [0.1, 0.15) is 23.3 Å². The molecule has 1 fully saturated rings. The van der Waals surface area contributed by atoms with Crippen molar-refractivity contribution >= 4 is 23.5 Å². The number of likely N-dealkylation sites (tertiary alicyclic amines) is 1. The summed E-state index contributed by atoms with van der Waals surface area (Å²) in [6, 6.07) is 2.86. The van der Waals surface area contributed by atoms with E-state index < -0.39 is 11.4 Å². The molecule has 168 valence electrons. The fourth-order valence-electron chi connectivity index (χ4n) is 3.24. The number of ether oxygens (including phenoxy) is 2. The summed E-state index contributed by atoms with van der Waals surface area (Å²) in [6.07, 6.45) is 3.67. The van der Waals surface area contributed by atoms with Crippen molar-refractivity contribution in [3.8, 4) is 5.88 Å². The lowest BCUT2D eigenvalue weighted by Gasteiger charge is -2.38. The summed E-state index contributed by atoms with van der Waals surface area (Å²) < 4.78 is 24.6. The molecular weight excluding hydrogens is 425 g/mol. The summed E-state index contributed by atoms with van der Waals surface area (Å²) in [5.41, 5.74) is -0.525. The van der Waals surface area contributed by atoms with Gasteiger partial charge >= 0.3 is 6.09 Å². The van der Waals surface area contributed by atoms with Crippen LogP contribution in [0.15, 0.2) is 24.5 Å². The maximum Gasteiger partial charge on any atom is 0.410 e. The van der Waals surface area contributed by atoms with Crippen LogP contribution in [0.2, 0.25) is 5.02 Å². The molecule has 0 aromatic carbocycles. The molecule has 2 atom stereocenters. The molecule has 10 heteroatoms. The van der Waals surface area contributed by atoms with Crippen molar-refractivity contribution in [2.45, 2.75) is 64.8 Å². The summed E-state index contributed by atoms with van der Waals surface area (Å²) in [5.74, 6) is 0.780. The van der Waals surface area contributed by atoms with E-state index in [2.05, 4.69) is 20.3 Å². The molecule has 1 aliphatic heterocycles. The van der Waals surface area contributed by atoms with Gasteiger partial charge in [-0.1, -0.05) is 11.6 Å². The zero-order valence-corrected chi connectivity index (χ0v) is 18.8. The third-order valence-electron chi connectivity index (χ3n) is 4.65. The van der Waals surface area contributed by atoms with E-state index in [0.717, 1.165) is 6.20 Å². The van der Waals surface area contributed by atoms with Gasteiger partial charge in [0.05, 0.1) is 17.8 Å². The minimum absolute atomic E-state index is 0.0109. The normalized spacial score (nSPS) is 19.1. The number of pyridine rings is 1. The van der Waals surface area contributed by atoms with Gasteiger partial charge < -0.3 is 19.7 Å². The van der Waals surface area contributed by atoms with Crippen LogP contribution in [-0.4, -0.2) is 50.2 Å². The summed E-state index contributed by atoms with van der Waals surface area (Å²) in [7, 11) is 0. The van der Waals surface area contributed by atoms with Gasteiger partial charge in [-0.05, 0) is 33.8 Å². The van der Waals surface area contributed by atoms with Crippen LogP contribution in [0.1, 0.15) is 46.4 Å². The zero-order chi connectivity index (χ0) is 22.6. The molecule has 1 saturated heterocycles. The first-order valence-corrected chi connectivity index (χ1v) is 10.5. The molecule has 0 spiro atoms. The van der Waals surface area contributed by atoms with Gasteiger partial charge in [0.25, 0.3) is 0 Å². The van der Waals surface area contributed by atoms with Crippen LogP contribution in [0.5, 0.6) is 5.88 Å². The lowest BCUT2D eigenvalue weighted by molar-refractivity contribution is -0.00153. The van der Waals surface area contributed by atoms with Gasteiger partial charge in [-0.3, -0.25) is 0 Å². The third-order valence-corrected chi connectivity index (χ3v) is 4.93. The highest BCUT2D eigenvalue weighted by atomic mass is 35.5. The second-order valence-corrected chi connectivity index (χ2v) is 8.84. The third kappa shape index (κ3) is 6.65. The smallest absolute Gasteiger partial charge is 0.410 e. The molecular formula is C21H27ClFN5O3. The molecule has 2 aromatic rings. The second-order valence-electron chi connectivity index (χ2n) is 8.44. The molecule has 0 saturated carbocycles. The largest absolute Gasteiger partial charge is 0.474 e. The fraction of sp³-hybridized carbons (Fsp3) is 0.524. The van der Waals surface area contributed by atoms with Gasteiger partial charge in [-0.25, -0.2) is 19.2 Å². The van der Waals surface area contributed by atoms with Gasteiger partial charge in [-0.15, -0.1) is 0 Å². The van der Waals surface area contributed by atoms with Crippen LogP contribution in [0.4, 0.5) is 15.0 Å². The van der Waals surface area contributed by atoms with Crippen LogP contribution < -0.4 is 10.1 Å². The Balaban J connectivity index is 1.55. The topological polar surface area (TPSA) is 89.5 Å². The Labute approximate surface area is 186 Å². The predicted octanol–water partition coefficient (Wildman–Crippen LogP) is 4.44. The average molecular weight is 452 g/mol. The van der Waals surface area contributed by atoms with Crippen LogP contribution >= 0.6 is 11.6 Å². The Morgan fingerprint density at radius 1 is 1.39 bits per heavy atom. The number of nitrogens with one attached hydrogen (secondary N) is 1. The van der Waals surface area contributed by atoms with Gasteiger partial charge in [-0.2, -0.15) is 4.98 Å². The van der Waals surface area contributed by atoms with Crippen LogP contribution in [0, 0.1) is 5.82 Å². The Hall–Kier alpha value is -2.68. The molecule has 3 rings (SSSR count). The predicted molar refractivity (Wildman–Crippen MR) is 115 cm³/mol. The summed E-state index contributed by atoms with van der Waals surface area (Å²) in [6.45, 7) is 8.35. The van der Waals surface area contributed by atoms with E-state index in [1.165, 1.54) is 6.07 Å². The van der Waals surface area contributed by atoms with E-state index >= 15 is 0 Å². The first kappa shape index (κ1) is 23.0. The number of aromatic nitrogens is 3. The highest BCUT2D eigenvalue weighted by Crippen LogP contribution is 2.24. The van der Waals surface area contributed by atoms with Gasteiger partial charge in [0.15, 0.2) is 5.82 Å². The molecule has 0 radical (unpaired) electrons. The maximum atomic E-state index is 13.1. The number of carbonyl (C=O) groups is 1.